The van der Waals surface area contributed by atoms with E-state index in [1.54, 1.807) is 16.7 Å². The number of carboxylic acids is 1. The molecule has 36 heavy (non-hydrogen) atoms. The second kappa shape index (κ2) is 9.19. The minimum absolute atomic E-state index is 0.00199. The highest BCUT2D eigenvalue weighted by Gasteiger charge is 2.32. The van der Waals surface area contributed by atoms with Gasteiger partial charge in [-0.25, -0.2) is 9.18 Å². The Kier molecular flexibility index (Phi) is 6.04. The highest BCUT2D eigenvalue weighted by Crippen LogP contribution is 2.43. The van der Waals surface area contributed by atoms with E-state index in [2.05, 4.69) is 10.1 Å². The van der Waals surface area contributed by atoms with Crippen molar-refractivity contribution >= 4 is 28.4 Å². The van der Waals surface area contributed by atoms with Crippen molar-refractivity contribution in [1.29, 1.82) is 0 Å². The van der Waals surface area contributed by atoms with Crippen molar-refractivity contribution in [1.82, 2.24) is 9.47 Å². The van der Waals surface area contributed by atoms with Crippen LogP contribution in [0.25, 0.3) is 10.9 Å². The molecule has 1 saturated carbocycles. The third-order valence-corrected chi connectivity index (χ3v) is 6.66. The molecule has 1 aliphatic heterocycles. The van der Waals surface area contributed by atoms with Crippen LogP contribution in [0.1, 0.15) is 40.8 Å². The van der Waals surface area contributed by atoms with Crippen LogP contribution in [0.4, 0.5) is 10.1 Å². The summed E-state index contributed by atoms with van der Waals surface area (Å²) in [6, 6.07) is 4.56. The van der Waals surface area contributed by atoms with Gasteiger partial charge in [-0.15, -0.1) is 0 Å². The molecular formula is C24H26FN5O6. The van der Waals surface area contributed by atoms with Crippen molar-refractivity contribution in [2.24, 2.45) is 10.9 Å². The molecule has 0 bridgehead atoms. The average molecular weight is 499 g/mol. The number of rotatable bonds is 7. The first-order valence-corrected chi connectivity index (χ1v) is 11.5. The number of furan rings is 1. The number of fused-ring (bicyclic) bond motifs is 1. The molecule has 0 atom stereocenters. The lowest BCUT2D eigenvalue weighted by atomic mass is 10.1. The molecule has 4 N–H and O–H groups in total. The monoisotopic (exact) mass is 499 g/mol. The first-order valence-electron chi connectivity index (χ1n) is 11.5. The van der Waals surface area contributed by atoms with Crippen LogP contribution in [0.2, 0.25) is 0 Å². The highest BCUT2D eigenvalue weighted by molar-refractivity contribution is 5.97. The van der Waals surface area contributed by atoms with E-state index >= 15 is 4.39 Å². The van der Waals surface area contributed by atoms with Crippen LogP contribution in [-0.4, -0.2) is 64.9 Å². The topological polar surface area (TPSA) is 147 Å². The van der Waals surface area contributed by atoms with Gasteiger partial charge in [-0.2, -0.15) is 0 Å². The Bertz CT molecular complexity index is 1420. The smallest absolute Gasteiger partial charge is 0.341 e. The second-order valence-corrected chi connectivity index (χ2v) is 8.97. The van der Waals surface area contributed by atoms with Gasteiger partial charge in [0.25, 0.3) is 0 Å². The summed E-state index contributed by atoms with van der Waals surface area (Å²) in [7, 11) is 1.43. The molecule has 1 aliphatic carbocycles. The maximum atomic E-state index is 15.5. The standard InChI is InChI=1S/C24H26FN5O6/c1-35-22-19-15(21(31)16(24(32)33)12-30(19)13-2-3-13)10-17(25)20(22)29-8-6-28(7-9-29)11-14-4-5-18(36-14)23(26)27-34/h4-5,10,12-13,34H,2-3,6-9,11H2,1H3,(H2,26,27)(H,32,33). The van der Waals surface area contributed by atoms with E-state index in [1.807, 2.05) is 4.90 Å². The first-order chi connectivity index (χ1) is 17.3. The van der Waals surface area contributed by atoms with Crippen LogP contribution in [0.15, 0.2) is 38.8 Å². The lowest BCUT2D eigenvalue weighted by Gasteiger charge is -2.36. The molecule has 5 rings (SSSR count). The summed E-state index contributed by atoms with van der Waals surface area (Å²) in [5, 5.41) is 21.2. The van der Waals surface area contributed by atoms with E-state index < -0.39 is 17.2 Å². The fraction of sp³-hybridized carbons (Fsp3) is 0.375. The zero-order valence-electron chi connectivity index (χ0n) is 19.6. The van der Waals surface area contributed by atoms with Gasteiger partial charge in [0.1, 0.15) is 17.0 Å². The number of piperazine rings is 1. The van der Waals surface area contributed by atoms with Gasteiger partial charge in [-0.1, -0.05) is 5.16 Å². The number of amidine groups is 1. The zero-order chi connectivity index (χ0) is 25.6. The normalized spacial score (nSPS) is 17.1. The van der Waals surface area contributed by atoms with Crippen LogP contribution < -0.4 is 20.8 Å². The number of nitrogens with zero attached hydrogens (tertiary/aromatic N) is 4. The molecule has 11 nitrogen and oxygen atoms in total. The molecule has 12 heteroatoms. The van der Waals surface area contributed by atoms with Crippen molar-refractivity contribution in [2.45, 2.75) is 25.4 Å². The fourth-order valence-electron chi connectivity index (χ4n) is 4.72. The number of benzene rings is 1. The van der Waals surface area contributed by atoms with E-state index in [0.29, 0.717) is 44.0 Å². The van der Waals surface area contributed by atoms with E-state index in [1.165, 1.54) is 13.3 Å². The molecule has 0 amide bonds. The number of hydrogen-bond acceptors (Lipinski definition) is 8. The maximum absolute atomic E-state index is 15.5. The van der Waals surface area contributed by atoms with Gasteiger partial charge in [0.05, 0.1) is 24.6 Å². The molecule has 190 valence electrons. The number of ether oxygens (including phenoxy) is 1. The van der Waals surface area contributed by atoms with Crippen molar-refractivity contribution < 1.29 is 28.7 Å². The molecule has 2 fully saturated rings. The number of aromatic nitrogens is 1. The highest BCUT2D eigenvalue weighted by atomic mass is 19.1. The number of pyridine rings is 1. The van der Waals surface area contributed by atoms with Gasteiger partial charge < -0.3 is 34.7 Å². The molecule has 1 aromatic carbocycles. The second-order valence-electron chi connectivity index (χ2n) is 8.97. The van der Waals surface area contributed by atoms with Crippen LogP contribution in [0, 0.1) is 5.82 Å². The van der Waals surface area contributed by atoms with Gasteiger partial charge in [0.2, 0.25) is 11.3 Å². The quantitative estimate of drug-likeness (QED) is 0.193. The number of carbonyl (C=O) groups is 1. The summed E-state index contributed by atoms with van der Waals surface area (Å²) in [6.07, 6.45) is 3.03. The molecule has 2 aromatic heterocycles. The summed E-state index contributed by atoms with van der Waals surface area (Å²) >= 11 is 0. The van der Waals surface area contributed by atoms with Gasteiger partial charge in [0, 0.05) is 38.4 Å². The molecule has 1 saturated heterocycles. The minimum atomic E-state index is -1.34. The Labute approximate surface area is 204 Å². The largest absolute Gasteiger partial charge is 0.492 e. The fourth-order valence-corrected chi connectivity index (χ4v) is 4.72. The minimum Gasteiger partial charge on any atom is -0.492 e. The predicted octanol–water partition coefficient (Wildman–Crippen LogP) is 2.19. The van der Waals surface area contributed by atoms with Crippen molar-refractivity contribution in [2.75, 3.05) is 38.2 Å². The number of carboxylic acid groups (broad SMARTS) is 1. The number of nitrogens with two attached hydrogens (primary N) is 1. The molecule has 3 aromatic rings. The maximum Gasteiger partial charge on any atom is 0.341 e. The average Bonchev–Trinajstić information content (AvgIpc) is 3.61. The summed E-state index contributed by atoms with van der Waals surface area (Å²) in [6.45, 7) is 2.70. The Balaban J connectivity index is 1.44. The Morgan fingerprint density at radius 2 is 2.00 bits per heavy atom. The van der Waals surface area contributed by atoms with Crippen LogP contribution in [-0.2, 0) is 6.54 Å². The first kappa shape index (κ1) is 23.7. The third-order valence-electron chi connectivity index (χ3n) is 6.66. The summed E-state index contributed by atoms with van der Waals surface area (Å²) in [5.41, 5.74) is 5.12. The van der Waals surface area contributed by atoms with E-state index in [0.717, 1.165) is 18.9 Å². The number of oxime groups is 1. The van der Waals surface area contributed by atoms with Gasteiger partial charge in [0.15, 0.2) is 17.3 Å². The Morgan fingerprint density at radius 3 is 2.61 bits per heavy atom. The Hall–Kier alpha value is -4.06. The van der Waals surface area contributed by atoms with Gasteiger partial charge in [-0.05, 0) is 31.0 Å². The lowest BCUT2D eigenvalue weighted by Crippen LogP contribution is -2.46. The van der Waals surface area contributed by atoms with Crippen molar-refractivity contribution in [3.8, 4) is 5.75 Å². The summed E-state index contributed by atoms with van der Waals surface area (Å²) in [4.78, 5) is 28.5. The number of hydrogen-bond donors (Lipinski definition) is 3. The van der Waals surface area contributed by atoms with E-state index in [9.17, 15) is 14.7 Å². The van der Waals surface area contributed by atoms with Gasteiger partial charge in [-0.3, -0.25) is 9.69 Å². The third kappa shape index (κ3) is 4.13. The lowest BCUT2D eigenvalue weighted by molar-refractivity contribution is 0.0694. The Morgan fingerprint density at radius 1 is 1.28 bits per heavy atom. The van der Waals surface area contributed by atoms with E-state index in [4.69, 9.17) is 20.1 Å². The molecule has 2 aliphatic rings. The zero-order valence-corrected chi connectivity index (χ0v) is 19.6. The molecular weight excluding hydrogens is 473 g/mol. The van der Waals surface area contributed by atoms with Crippen LogP contribution in [0.5, 0.6) is 5.75 Å². The number of anilines is 1. The van der Waals surface area contributed by atoms with Crippen molar-refractivity contribution in [3.63, 3.8) is 0 Å². The molecule has 0 radical (unpaired) electrons. The molecule has 0 unspecified atom stereocenters. The van der Waals surface area contributed by atoms with Gasteiger partial charge >= 0.3 is 5.97 Å². The van der Waals surface area contributed by atoms with Crippen LogP contribution >= 0.6 is 0 Å². The van der Waals surface area contributed by atoms with E-state index in [-0.39, 0.29) is 40.0 Å². The summed E-state index contributed by atoms with van der Waals surface area (Å²) < 4.78 is 28.5. The van der Waals surface area contributed by atoms with Crippen LogP contribution in [0.3, 0.4) is 0 Å². The van der Waals surface area contributed by atoms with Crippen molar-refractivity contribution in [3.05, 3.63) is 57.5 Å². The molecule has 0 spiro atoms. The number of halogens is 1. The number of methoxy groups -OCH3 is 1. The molecule has 3 heterocycles. The predicted molar refractivity (Wildman–Crippen MR) is 129 cm³/mol. The summed E-state index contributed by atoms with van der Waals surface area (Å²) in [5.74, 6) is -0.918. The number of aromatic carboxylic acids is 1. The SMILES string of the molecule is COc1c(N2CCN(Cc3ccc(/C(N)=N/O)o3)CC2)c(F)cc2c(=O)c(C(=O)O)cn(C3CC3)c12.